The number of carbonyl (C=O) groups excluding carboxylic acids is 4. The summed E-state index contributed by atoms with van der Waals surface area (Å²) in [5, 5.41) is 5.16. The van der Waals surface area contributed by atoms with E-state index in [2.05, 4.69) is 15.4 Å². The summed E-state index contributed by atoms with van der Waals surface area (Å²) in [5.41, 5.74) is 1.73. The Morgan fingerprint density at radius 3 is 2.33 bits per heavy atom. The van der Waals surface area contributed by atoms with Crippen LogP contribution in [0.1, 0.15) is 63.3 Å². The van der Waals surface area contributed by atoms with Gasteiger partial charge in [-0.1, -0.05) is 23.8 Å². The molecule has 1 aromatic rings. The second-order valence-electron chi connectivity index (χ2n) is 9.40. The number of benzene rings is 1. The fourth-order valence-electron chi connectivity index (χ4n) is 3.44. The highest BCUT2D eigenvalue weighted by molar-refractivity contribution is 5.93. The van der Waals surface area contributed by atoms with E-state index in [1.54, 1.807) is 27.7 Å². The second-order valence-corrected chi connectivity index (χ2v) is 9.40. The molecule has 2 atom stereocenters. The second kappa shape index (κ2) is 10.7. The molecule has 2 rings (SSSR count). The minimum absolute atomic E-state index is 0.144. The molecule has 2 unspecified atom stereocenters. The van der Waals surface area contributed by atoms with Crippen molar-refractivity contribution in [1.29, 1.82) is 0 Å². The van der Waals surface area contributed by atoms with E-state index in [0.29, 0.717) is 5.56 Å². The fraction of sp³-hybridized carbons (Fsp3) is 0.583. The SMILES string of the molecule is COC(=O)CNC(=O)C(c1cc(C)ccc1C)N(C(=O)C(C)NC(=O)OC(C)(C)C)C1CC1. The molecule has 0 bridgehead atoms. The van der Waals surface area contributed by atoms with Gasteiger partial charge in [0.1, 0.15) is 24.2 Å². The monoisotopic (exact) mass is 461 g/mol. The van der Waals surface area contributed by atoms with Gasteiger partial charge in [-0.25, -0.2) is 4.79 Å². The first-order valence-corrected chi connectivity index (χ1v) is 11.1. The summed E-state index contributed by atoms with van der Waals surface area (Å²) in [6.07, 6.45) is 0.783. The van der Waals surface area contributed by atoms with Crippen molar-refractivity contribution in [2.24, 2.45) is 0 Å². The van der Waals surface area contributed by atoms with Crippen molar-refractivity contribution in [3.8, 4) is 0 Å². The molecule has 0 aromatic heterocycles. The highest BCUT2D eigenvalue weighted by atomic mass is 16.6. The molecule has 0 radical (unpaired) electrons. The Morgan fingerprint density at radius 1 is 1.15 bits per heavy atom. The maximum Gasteiger partial charge on any atom is 0.408 e. The van der Waals surface area contributed by atoms with Gasteiger partial charge in [-0.2, -0.15) is 0 Å². The molecule has 1 aliphatic carbocycles. The van der Waals surface area contributed by atoms with E-state index in [1.165, 1.54) is 12.0 Å². The molecule has 1 aromatic carbocycles. The molecule has 33 heavy (non-hydrogen) atoms. The van der Waals surface area contributed by atoms with Crippen molar-refractivity contribution < 1.29 is 28.7 Å². The Morgan fingerprint density at radius 2 is 1.79 bits per heavy atom. The van der Waals surface area contributed by atoms with E-state index in [-0.39, 0.29) is 12.6 Å². The van der Waals surface area contributed by atoms with Gasteiger partial charge >= 0.3 is 12.1 Å². The number of ether oxygens (including phenoxy) is 2. The molecular weight excluding hydrogens is 426 g/mol. The quantitative estimate of drug-likeness (QED) is 0.575. The van der Waals surface area contributed by atoms with E-state index in [1.807, 2.05) is 32.0 Å². The molecule has 0 aliphatic heterocycles. The Kier molecular flexibility index (Phi) is 8.46. The maximum atomic E-state index is 13.5. The normalized spacial score (nSPS) is 15.1. The summed E-state index contributed by atoms with van der Waals surface area (Å²) in [7, 11) is 1.24. The van der Waals surface area contributed by atoms with Crippen molar-refractivity contribution in [3.63, 3.8) is 0 Å². The van der Waals surface area contributed by atoms with Crippen LogP contribution in [0, 0.1) is 13.8 Å². The molecule has 1 saturated carbocycles. The summed E-state index contributed by atoms with van der Waals surface area (Å²) >= 11 is 0. The average molecular weight is 462 g/mol. The highest BCUT2D eigenvalue weighted by Gasteiger charge is 2.43. The van der Waals surface area contributed by atoms with Gasteiger partial charge in [0.25, 0.3) is 0 Å². The van der Waals surface area contributed by atoms with Crippen molar-refractivity contribution in [1.82, 2.24) is 15.5 Å². The number of aryl methyl sites for hydroxylation is 2. The first-order valence-electron chi connectivity index (χ1n) is 11.1. The molecule has 1 fully saturated rings. The van der Waals surface area contributed by atoms with E-state index in [0.717, 1.165) is 24.0 Å². The lowest BCUT2D eigenvalue weighted by Crippen LogP contribution is -2.53. The Bertz CT molecular complexity index is 904. The summed E-state index contributed by atoms with van der Waals surface area (Å²) in [6.45, 7) is 10.2. The summed E-state index contributed by atoms with van der Waals surface area (Å²) in [6, 6.07) is 3.67. The molecule has 9 nitrogen and oxygen atoms in total. The zero-order valence-electron chi connectivity index (χ0n) is 20.5. The van der Waals surface area contributed by atoms with Crippen LogP contribution >= 0.6 is 0 Å². The number of esters is 1. The van der Waals surface area contributed by atoms with Crippen LogP contribution in [0.25, 0.3) is 0 Å². The molecule has 182 valence electrons. The van der Waals surface area contributed by atoms with Gasteiger partial charge in [0.05, 0.1) is 7.11 Å². The van der Waals surface area contributed by atoms with E-state index < -0.39 is 41.6 Å². The van der Waals surface area contributed by atoms with E-state index in [4.69, 9.17) is 4.74 Å². The maximum absolute atomic E-state index is 13.5. The lowest BCUT2D eigenvalue weighted by molar-refractivity contribution is -0.145. The number of amides is 3. The lowest BCUT2D eigenvalue weighted by atomic mass is 9.96. The largest absolute Gasteiger partial charge is 0.468 e. The number of carbonyl (C=O) groups is 4. The first-order chi connectivity index (χ1) is 15.3. The third kappa shape index (κ3) is 7.47. The number of hydrogen-bond donors (Lipinski definition) is 2. The Hall–Kier alpha value is -3.10. The van der Waals surface area contributed by atoms with Gasteiger partial charge in [0.15, 0.2) is 0 Å². The van der Waals surface area contributed by atoms with Gasteiger partial charge in [0.2, 0.25) is 11.8 Å². The number of nitrogens with one attached hydrogen (secondary N) is 2. The molecule has 0 spiro atoms. The van der Waals surface area contributed by atoms with E-state index in [9.17, 15) is 19.2 Å². The number of rotatable bonds is 8. The third-order valence-corrected chi connectivity index (χ3v) is 5.19. The average Bonchev–Trinajstić information content (AvgIpc) is 3.54. The van der Waals surface area contributed by atoms with Crippen molar-refractivity contribution in [3.05, 3.63) is 34.9 Å². The number of nitrogens with zero attached hydrogens (tertiary/aromatic N) is 1. The van der Waals surface area contributed by atoms with Crippen LogP contribution in [0.4, 0.5) is 4.79 Å². The molecule has 9 heteroatoms. The Balaban J connectivity index is 2.37. The zero-order valence-corrected chi connectivity index (χ0v) is 20.5. The van der Waals surface area contributed by atoms with E-state index >= 15 is 0 Å². The topological polar surface area (TPSA) is 114 Å². The summed E-state index contributed by atoms with van der Waals surface area (Å²) in [4.78, 5) is 52.2. The van der Waals surface area contributed by atoms with Crippen molar-refractivity contribution in [2.75, 3.05) is 13.7 Å². The van der Waals surface area contributed by atoms with Crippen LogP contribution < -0.4 is 10.6 Å². The smallest absolute Gasteiger partial charge is 0.408 e. The molecule has 3 amide bonds. The highest BCUT2D eigenvalue weighted by Crippen LogP contribution is 2.36. The summed E-state index contributed by atoms with van der Waals surface area (Å²) in [5.74, 6) is -1.48. The van der Waals surface area contributed by atoms with Crippen LogP contribution in [0.2, 0.25) is 0 Å². The molecular formula is C24H35N3O6. The molecule has 0 saturated heterocycles. The van der Waals surface area contributed by atoms with Gasteiger partial charge in [-0.3, -0.25) is 14.4 Å². The molecule has 2 N–H and O–H groups in total. The van der Waals surface area contributed by atoms with Crippen LogP contribution in [0.5, 0.6) is 0 Å². The van der Waals surface area contributed by atoms with Crippen LogP contribution in [-0.4, -0.2) is 60.1 Å². The Labute approximate surface area is 195 Å². The van der Waals surface area contributed by atoms with Crippen molar-refractivity contribution in [2.45, 2.75) is 78.1 Å². The van der Waals surface area contributed by atoms with Gasteiger partial charge in [0, 0.05) is 6.04 Å². The van der Waals surface area contributed by atoms with Crippen LogP contribution in [0.3, 0.4) is 0 Å². The van der Waals surface area contributed by atoms with Crippen molar-refractivity contribution >= 4 is 23.9 Å². The third-order valence-electron chi connectivity index (χ3n) is 5.19. The predicted octanol–water partition coefficient (Wildman–Crippen LogP) is 2.54. The number of methoxy groups -OCH3 is 1. The molecule has 1 aliphatic rings. The number of alkyl carbamates (subject to hydrolysis) is 1. The standard InChI is InChI=1S/C24H35N3O6/c1-14-8-9-15(2)18(12-14)20(21(29)25-13-19(28)32-7)27(17-10-11-17)22(30)16(3)26-23(31)33-24(4,5)6/h8-9,12,16-17,20H,10-11,13H2,1-7H3,(H,25,29)(H,26,31). The lowest BCUT2D eigenvalue weighted by Gasteiger charge is -2.34. The van der Waals surface area contributed by atoms with Crippen LogP contribution in [-0.2, 0) is 23.9 Å². The molecule has 0 heterocycles. The summed E-state index contributed by atoms with van der Waals surface area (Å²) < 4.78 is 9.89. The van der Waals surface area contributed by atoms with Gasteiger partial charge in [-0.15, -0.1) is 0 Å². The van der Waals surface area contributed by atoms with Gasteiger partial charge < -0.3 is 25.0 Å². The number of hydrogen-bond acceptors (Lipinski definition) is 6. The zero-order chi connectivity index (χ0) is 24.9. The van der Waals surface area contributed by atoms with Gasteiger partial charge in [-0.05, 0) is 65.5 Å². The fourth-order valence-corrected chi connectivity index (χ4v) is 3.44. The first kappa shape index (κ1) is 26.2. The predicted molar refractivity (Wildman–Crippen MR) is 122 cm³/mol. The minimum atomic E-state index is -0.961. The van der Waals surface area contributed by atoms with Crippen LogP contribution in [0.15, 0.2) is 18.2 Å². The minimum Gasteiger partial charge on any atom is -0.468 e.